The highest BCUT2D eigenvalue weighted by atomic mass is 79.9. The van der Waals surface area contributed by atoms with Gasteiger partial charge in [-0.15, -0.1) is 30.2 Å². The maximum absolute atomic E-state index is 11.8. The molecule has 0 aromatic heterocycles. The third-order valence-corrected chi connectivity index (χ3v) is 2.34. The number of hydrogen-bond donors (Lipinski definition) is 2. The van der Waals surface area contributed by atoms with Crippen LogP contribution in [-0.4, -0.2) is 11.5 Å². The third-order valence-electron chi connectivity index (χ3n) is 1.55. The van der Waals surface area contributed by atoms with Crippen LogP contribution in [0.25, 0.3) is 0 Å². The van der Waals surface area contributed by atoms with Gasteiger partial charge in [0.1, 0.15) is 5.75 Å². The summed E-state index contributed by atoms with van der Waals surface area (Å²) < 4.78 is 39.2. The van der Waals surface area contributed by atoms with E-state index in [-0.39, 0.29) is 27.9 Å². The fourth-order valence-corrected chi connectivity index (χ4v) is 1.46. The molecule has 0 fully saturated rings. The Morgan fingerprint density at radius 2 is 1.82 bits per heavy atom. The number of halogens is 4. The number of ether oxygens (including phenoxy) is 1. The Morgan fingerprint density at radius 3 is 2.24 bits per heavy atom. The highest BCUT2D eigenvalue weighted by Crippen LogP contribution is 2.23. The quantitative estimate of drug-likeness (QED) is 0.660. The van der Waals surface area contributed by atoms with Crippen molar-refractivity contribution in [1.29, 1.82) is 5.41 Å². The molecule has 0 bridgehead atoms. The lowest BCUT2D eigenvalue weighted by Gasteiger charge is -2.08. The Morgan fingerprint density at radius 1 is 1.29 bits per heavy atom. The van der Waals surface area contributed by atoms with Crippen molar-refractivity contribution in [3.05, 3.63) is 29.8 Å². The van der Waals surface area contributed by atoms with Crippen LogP contribution in [0.15, 0.2) is 24.3 Å². The largest absolute Gasteiger partial charge is 0.573 e. The predicted molar refractivity (Wildman–Crippen MR) is 66.7 cm³/mol. The zero-order valence-electron chi connectivity index (χ0n) is 8.45. The molecule has 1 rings (SSSR count). The SMILES string of the molecule is Br.N=C(N)SCc1ccc(OC(F)(F)F)cc1. The van der Waals surface area contributed by atoms with Crippen LogP contribution >= 0.6 is 28.7 Å². The van der Waals surface area contributed by atoms with Gasteiger partial charge in [-0.25, -0.2) is 0 Å². The van der Waals surface area contributed by atoms with E-state index in [9.17, 15) is 13.2 Å². The molecule has 0 saturated carbocycles. The summed E-state index contributed by atoms with van der Waals surface area (Å²) in [6, 6.07) is 5.45. The molecule has 1 aromatic rings. The number of thioether (sulfide) groups is 1. The molecule has 1 aromatic carbocycles. The van der Waals surface area contributed by atoms with Crippen molar-refractivity contribution in [3.8, 4) is 5.75 Å². The van der Waals surface area contributed by atoms with Gasteiger partial charge in [-0.2, -0.15) is 0 Å². The second-order valence-electron chi connectivity index (χ2n) is 2.84. The lowest BCUT2D eigenvalue weighted by atomic mass is 10.2. The molecule has 0 saturated heterocycles. The first kappa shape index (κ1) is 16.1. The normalized spacial score (nSPS) is 10.5. The molecule has 0 atom stereocenters. The van der Waals surface area contributed by atoms with Crippen LogP contribution in [-0.2, 0) is 5.75 Å². The number of nitrogens with one attached hydrogen (secondary N) is 1. The molecule has 8 heteroatoms. The van der Waals surface area contributed by atoms with Crippen LogP contribution in [0.4, 0.5) is 13.2 Å². The summed E-state index contributed by atoms with van der Waals surface area (Å²) in [4.78, 5) is 0. The molecular formula is C9H10BrF3N2OS. The van der Waals surface area contributed by atoms with Gasteiger partial charge in [-0.1, -0.05) is 23.9 Å². The second kappa shape index (κ2) is 6.75. The molecule has 0 aliphatic rings. The van der Waals surface area contributed by atoms with E-state index in [4.69, 9.17) is 11.1 Å². The van der Waals surface area contributed by atoms with Gasteiger partial charge < -0.3 is 10.5 Å². The smallest absolute Gasteiger partial charge is 0.406 e. The van der Waals surface area contributed by atoms with Crippen LogP contribution in [0.3, 0.4) is 0 Å². The van der Waals surface area contributed by atoms with E-state index in [1.807, 2.05) is 0 Å². The van der Waals surface area contributed by atoms with E-state index in [1.54, 1.807) is 0 Å². The van der Waals surface area contributed by atoms with Gasteiger partial charge in [0.15, 0.2) is 5.17 Å². The molecular weight excluding hydrogens is 321 g/mol. The van der Waals surface area contributed by atoms with Crippen molar-refractivity contribution in [2.75, 3.05) is 0 Å². The Hall–Kier alpha value is -0.890. The summed E-state index contributed by atoms with van der Waals surface area (Å²) >= 11 is 1.10. The highest BCUT2D eigenvalue weighted by molar-refractivity contribution is 8.93. The number of benzene rings is 1. The van der Waals surface area contributed by atoms with Crippen LogP contribution in [0.5, 0.6) is 5.75 Å². The van der Waals surface area contributed by atoms with Gasteiger partial charge in [0.2, 0.25) is 0 Å². The van der Waals surface area contributed by atoms with E-state index in [1.165, 1.54) is 24.3 Å². The maximum Gasteiger partial charge on any atom is 0.573 e. The summed E-state index contributed by atoms with van der Waals surface area (Å²) in [6.45, 7) is 0. The Balaban J connectivity index is 0.00000256. The summed E-state index contributed by atoms with van der Waals surface area (Å²) in [5.74, 6) is 0.186. The lowest BCUT2D eigenvalue weighted by molar-refractivity contribution is -0.274. The van der Waals surface area contributed by atoms with Crippen LogP contribution in [0.2, 0.25) is 0 Å². The van der Waals surface area contributed by atoms with Gasteiger partial charge in [0.05, 0.1) is 0 Å². The monoisotopic (exact) mass is 330 g/mol. The Bertz CT molecular complexity index is 369. The van der Waals surface area contributed by atoms with E-state index in [0.29, 0.717) is 5.75 Å². The average Bonchev–Trinajstić information content (AvgIpc) is 2.14. The highest BCUT2D eigenvalue weighted by Gasteiger charge is 2.30. The third kappa shape index (κ3) is 7.11. The standard InChI is InChI=1S/C9H9F3N2OS.BrH/c10-9(11,12)15-7-3-1-6(2-4-7)5-16-8(13)14;/h1-4H,5H2,(H3,13,14);1H. The van der Waals surface area contributed by atoms with Gasteiger partial charge in [0, 0.05) is 5.75 Å². The molecule has 0 unspecified atom stereocenters. The maximum atomic E-state index is 11.8. The minimum Gasteiger partial charge on any atom is -0.406 e. The Kier molecular flexibility index (Phi) is 6.40. The van der Waals surface area contributed by atoms with Crippen LogP contribution in [0, 0.1) is 5.41 Å². The number of alkyl halides is 3. The first-order valence-electron chi connectivity index (χ1n) is 4.18. The fourth-order valence-electron chi connectivity index (χ4n) is 0.948. The molecule has 0 spiro atoms. The molecule has 17 heavy (non-hydrogen) atoms. The number of nitrogens with two attached hydrogens (primary N) is 1. The van der Waals surface area contributed by atoms with E-state index in [2.05, 4.69) is 4.74 Å². The van der Waals surface area contributed by atoms with Crippen molar-refractivity contribution >= 4 is 33.9 Å². The van der Waals surface area contributed by atoms with Gasteiger partial charge >= 0.3 is 6.36 Å². The summed E-state index contributed by atoms with van der Waals surface area (Å²) in [5, 5.41) is 6.94. The van der Waals surface area contributed by atoms with Gasteiger partial charge in [-0.3, -0.25) is 5.41 Å². The molecule has 0 radical (unpaired) electrons. The molecule has 3 N–H and O–H groups in total. The topological polar surface area (TPSA) is 59.1 Å². The van der Waals surface area contributed by atoms with E-state index >= 15 is 0 Å². The second-order valence-corrected chi connectivity index (χ2v) is 3.86. The first-order chi connectivity index (χ1) is 7.37. The molecule has 0 amide bonds. The minimum atomic E-state index is -4.67. The lowest BCUT2D eigenvalue weighted by Crippen LogP contribution is -2.17. The fraction of sp³-hybridized carbons (Fsp3) is 0.222. The molecule has 0 aliphatic carbocycles. The van der Waals surface area contributed by atoms with Gasteiger partial charge in [-0.05, 0) is 17.7 Å². The first-order valence-corrected chi connectivity index (χ1v) is 5.17. The molecule has 0 aliphatic heterocycles. The zero-order valence-corrected chi connectivity index (χ0v) is 11.0. The minimum absolute atomic E-state index is 0. The van der Waals surface area contributed by atoms with E-state index in [0.717, 1.165) is 17.3 Å². The predicted octanol–water partition coefficient (Wildman–Crippen LogP) is 3.29. The Labute approximate surface area is 111 Å². The molecule has 0 heterocycles. The molecule has 3 nitrogen and oxygen atoms in total. The van der Waals surface area contributed by atoms with E-state index < -0.39 is 6.36 Å². The van der Waals surface area contributed by atoms with Crippen LogP contribution < -0.4 is 10.5 Å². The molecule has 96 valence electrons. The zero-order chi connectivity index (χ0) is 12.2. The van der Waals surface area contributed by atoms with Crippen LogP contribution in [0.1, 0.15) is 5.56 Å². The van der Waals surface area contributed by atoms with Crippen molar-refractivity contribution in [2.45, 2.75) is 12.1 Å². The van der Waals surface area contributed by atoms with Crippen molar-refractivity contribution < 1.29 is 17.9 Å². The number of amidine groups is 1. The summed E-state index contributed by atoms with van der Waals surface area (Å²) in [5.41, 5.74) is 5.90. The summed E-state index contributed by atoms with van der Waals surface area (Å²) in [7, 11) is 0. The van der Waals surface area contributed by atoms with Crippen molar-refractivity contribution in [2.24, 2.45) is 5.73 Å². The summed E-state index contributed by atoms with van der Waals surface area (Å²) in [6.07, 6.45) is -4.67. The average molecular weight is 331 g/mol. The van der Waals surface area contributed by atoms with Crippen molar-refractivity contribution in [3.63, 3.8) is 0 Å². The van der Waals surface area contributed by atoms with Crippen molar-refractivity contribution in [1.82, 2.24) is 0 Å². The van der Waals surface area contributed by atoms with Gasteiger partial charge in [0.25, 0.3) is 0 Å². The number of hydrogen-bond acceptors (Lipinski definition) is 3. The number of rotatable bonds is 3.